The van der Waals surface area contributed by atoms with Gasteiger partial charge in [0.15, 0.2) is 0 Å². The van der Waals surface area contributed by atoms with E-state index in [-0.39, 0.29) is 0 Å². The molecule has 54 heavy (non-hydrogen) atoms. The van der Waals surface area contributed by atoms with Crippen LogP contribution in [0.4, 0.5) is 0 Å². The van der Waals surface area contributed by atoms with E-state index in [0.717, 1.165) is 22.1 Å². The normalized spacial score (nSPS) is 12.1. The zero-order valence-corrected chi connectivity index (χ0v) is 30.0. The van der Waals surface area contributed by atoms with Crippen molar-refractivity contribution in [3.63, 3.8) is 0 Å². The number of rotatable bonds is 3. The number of hydrogen-bond acceptors (Lipinski definition) is 2. The number of benzene rings is 10. The van der Waals surface area contributed by atoms with Crippen LogP contribution in [0.5, 0.6) is 0 Å². The van der Waals surface area contributed by atoms with Crippen LogP contribution in [0.1, 0.15) is 0 Å². The monoisotopic (exact) mass is 702 g/mol. The van der Waals surface area contributed by atoms with E-state index in [1.54, 1.807) is 0 Å². The molecule has 0 radical (unpaired) electrons. The number of furan rings is 1. The van der Waals surface area contributed by atoms with Gasteiger partial charge in [0.05, 0.1) is 0 Å². The van der Waals surface area contributed by atoms with Crippen LogP contribution in [0.25, 0.3) is 119 Å². The van der Waals surface area contributed by atoms with Crippen LogP contribution in [0.15, 0.2) is 186 Å². The maximum Gasteiger partial charge on any atom is 0.136 e. The Morgan fingerprint density at radius 2 is 0.852 bits per heavy atom. The van der Waals surface area contributed by atoms with Gasteiger partial charge in [-0.25, -0.2) is 0 Å². The van der Waals surface area contributed by atoms with Crippen molar-refractivity contribution in [3.8, 4) is 33.4 Å². The summed E-state index contributed by atoms with van der Waals surface area (Å²) in [7, 11) is 0. The topological polar surface area (TPSA) is 13.1 Å². The third-order valence-electron chi connectivity index (χ3n) is 11.4. The largest absolute Gasteiger partial charge is 0.456 e. The Labute approximate surface area is 314 Å². The molecule has 0 bridgehead atoms. The van der Waals surface area contributed by atoms with Crippen molar-refractivity contribution in [2.45, 2.75) is 0 Å². The summed E-state index contributed by atoms with van der Waals surface area (Å²) in [6.45, 7) is 0. The highest BCUT2D eigenvalue weighted by molar-refractivity contribution is 7.26. The van der Waals surface area contributed by atoms with Gasteiger partial charge in [-0.05, 0) is 119 Å². The highest BCUT2D eigenvalue weighted by Crippen LogP contribution is 2.46. The molecule has 2 aromatic heterocycles. The summed E-state index contributed by atoms with van der Waals surface area (Å²) < 4.78 is 9.22. The van der Waals surface area contributed by atoms with Gasteiger partial charge in [0.1, 0.15) is 11.2 Å². The molecule has 12 rings (SSSR count). The smallest absolute Gasteiger partial charge is 0.136 e. The molecule has 0 saturated heterocycles. The first kappa shape index (κ1) is 29.8. The quantitative estimate of drug-likeness (QED) is 0.167. The summed E-state index contributed by atoms with van der Waals surface area (Å²) in [6, 6.07) is 66.7. The minimum Gasteiger partial charge on any atom is -0.456 e. The SMILES string of the molecule is c1ccc2cc(-c3c4ccccc4c(-c4ccc(-c5ccc6c(c5)oc5ccc7c(ccc8sc9ccccc9c87)c56)cc4)c4ccccc34)ccc2c1. The van der Waals surface area contributed by atoms with Gasteiger partial charge in [-0.15, -0.1) is 11.3 Å². The molecule has 0 atom stereocenters. The lowest BCUT2D eigenvalue weighted by Crippen LogP contribution is -1.91. The lowest BCUT2D eigenvalue weighted by atomic mass is 9.85. The van der Waals surface area contributed by atoms with E-state index in [1.165, 1.54) is 96.5 Å². The van der Waals surface area contributed by atoms with E-state index in [1.807, 2.05) is 11.3 Å². The Hall–Kier alpha value is -6.74. The van der Waals surface area contributed by atoms with Crippen molar-refractivity contribution < 1.29 is 4.42 Å². The average molecular weight is 703 g/mol. The van der Waals surface area contributed by atoms with E-state index >= 15 is 0 Å². The van der Waals surface area contributed by atoms with Crippen molar-refractivity contribution in [2.75, 3.05) is 0 Å². The lowest BCUT2D eigenvalue weighted by Gasteiger charge is -2.18. The van der Waals surface area contributed by atoms with E-state index in [9.17, 15) is 0 Å². The minimum absolute atomic E-state index is 0.913. The molecule has 0 fully saturated rings. The molecule has 1 nitrogen and oxygen atoms in total. The second-order valence-corrected chi connectivity index (χ2v) is 15.4. The van der Waals surface area contributed by atoms with Crippen molar-refractivity contribution in [2.24, 2.45) is 0 Å². The van der Waals surface area contributed by atoms with E-state index < -0.39 is 0 Å². The highest BCUT2D eigenvalue weighted by atomic mass is 32.1. The summed E-state index contributed by atoms with van der Waals surface area (Å²) in [5, 5.41) is 15.1. The van der Waals surface area contributed by atoms with Crippen molar-refractivity contribution in [1.29, 1.82) is 0 Å². The summed E-state index contributed by atoms with van der Waals surface area (Å²) in [6.07, 6.45) is 0. The Balaban J connectivity index is 0.983. The summed E-state index contributed by atoms with van der Waals surface area (Å²) >= 11 is 1.86. The standard InChI is InChI=1S/C52H30OS/c1-2-10-34-29-36(22-19-31(34)9-1)50-39-13-5-3-11-37(39)49(38-12-4-6-14-40(38)50)33-20-17-32(18-21-33)35-23-24-43-46(30-35)53-45-27-25-42-41(51(43)45)26-28-48-52(42)44-15-7-8-16-47(44)54-48/h1-30H. The van der Waals surface area contributed by atoms with Gasteiger partial charge in [-0.1, -0.05) is 140 Å². The molecule has 0 aliphatic carbocycles. The molecule has 0 unspecified atom stereocenters. The summed E-state index contributed by atoms with van der Waals surface area (Å²) in [5.41, 5.74) is 9.15. The molecule has 250 valence electrons. The highest BCUT2D eigenvalue weighted by Gasteiger charge is 2.18. The molecule has 0 aliphatic heterocycles. The third kappa shape index (κ3) is 4.32. The molecular formula is C52H30OS. The van der Waals surface area contributed by atoms with Crippen LogP contribution in [-0.2, 0) is 0 Å². The molecule has 0 saturated carbocycles. The average Bonchev–Trinajstić information content (AvgIpc) is 3.81. The zero-order valence-electron chi connectivity index (χ0n) is 29.1. The molecule has 2 heteroatoms. The van der Waals surface area contributed by atoms with E-state index in [2.05, 4.69) is 182 Å². The van der Waals surface area contributed by atoms with Crippen LogP contribution >= 0.6 is 11.3 Å². The minimum atomic E-state index is 0.913. The second kappa shape index (κ2) is 11.4. The maximum atomic E-state index is 6.57. The molecule has 12 aromatic rings. The lowest BCUT2D eigenvalue weighted by molar-refractivity contribution is 0.669. The Morgan fingerprint density at radius 3 is 1.61 bits per heavy atom. The molecule has 0 spiro atoms. The molecule has 0 amide bonds. The number of hydrogen-bond donors (Lipinski definition) is 0. The predicted molar refractivity (Wildman–Crippen MR) is 233 cm³/mol. The Morgan fingerprint density at radius 1 is 0.296 bits per heavy atom. The summed E-state index contributed by atoms with van der Waals surface area (Å²) in [5.74, 6) is 0. The Kier molecular flexibility index (Phi) is 6.28. The molecule has 2 heterocycles. The van der Waals surface area contributed by atoms with Gasteiger partial charge in [0.2, 0.25) is 0 Å². The fourth-order valence-corrected chi connectivity index (χ4v) is 10.1. The van der Waals surface area contributed by atoms with Gasteiger partial charge in [0.25, 0.3) is 0 Å². The van der Waals surface area contributed by atoms with E-state index in [4.69, 9.17) is 4.42 Å². The number of fused-ring (bicyclic) bond motifs is 12. The molecule has 0 aliphatic rings. The molecule has 0 N–H and O–H groups in total. The third-order valence-corrected chi connectivity index (χ3v) is 12.6. The van der Waals surface area contributed by atoms with Crippen LogP contribution < -0.4 is 0 Å². The fourth-order valence-electron chi connectivity index (χ4n) is 9.01. The first-order chi connectivity index (χ1) is 26.8. The van der Waals surface area contributed by atoms with Crippen molar-refractivity contribution in [3.05, 3.63) is 182 Å². The molecular weight excluding hydrogens is 673 g/mol. The van der Waals surface area contributed by atoms with Crippen molar-refractivity contribution in [1.82, 2.24) is 0 Å². The van der Waals surface area contributed by atoms with Crippen LogP contribution in [0.2, 0.25) is 0 Å². The predicted octanol–water partition coefficient (Wildman–Crippen LogP) is 15.6. The zero-order chi connectivity index (χ0) is 35.3. The van der Waals surface area contributed by atoms with Gasteiger partial charge in [-0.2, -0.15) is 0 Å². The van der Waals surface area contributed by atoms with Gasteiger partial charge in [-0.3, -0.25) is 0 Å². The molecule has 10 aromatic carbocycles. The van der Waals surface area contributed by atoms with Gasteiger partial charge < -0.3 is 4.42 Å². The maximum absolute atomic E-state index is 6.57. The van der Waals surface area contributed by atoms with Gasteiger partial charge in [0, 0.05) is 30.9 Å². The fraction of sp³-hybridized carbons (Fsp3) is 0. The van der Waals surface area contributed by atoms with E-state index in [0.29, 0.717) is 0 Å². The summed E-state index contributed by atoms with van der Waals surface area (Å²) in [4.78, 5) is 0. The first-order valence-electron chi connectivity index (χ1n) is 18.5. The van der Waals surface area contributed by atoms with Crippen LogP contribution in [0, 0.1) is 0 Å². The number of thiophene rings is 1. The van der Waals surface area contributed by atoms with Crippen molar-refractivity contribution >= 4 is 96.5 Å². The van der Waals surface area contributed by atoms with Gasteiger partial charge >= 0.3 is 0 Å². The van der Waals surface area contributed by atoms with Crippen LogP contribution in [-0.4, -0.2) is 0 Å². The Bertz CT molecular complexity index is 3430. The first-order valence-corrected chi connectivity index (χ1v) is 19.3. The van der Waals surface area contributed by atoms with Crippen LogP contribution in [0.3, 0.4) is 0 Å². The second-order valence-electron chi connectivity index (χ2n) is 14.4.